The Hall–Kier alpha value is -0.630. The first-order chi connectivity index (χ1) is 6.61. The molecule has 0 radical (unpaired) electrons. The predicted octanol–water partition coefficient (Wildman–Crippen LogP) is 2.58. The molecule has 0 amide bonds. The second kappa shape index (κ2) is 4.74. The summed E-state index contributed by atoms with van der Waals surface area (Å²) in [5, 5.41) is 0. The Balaban J connectivity index is 2.80. The van der Waals surface area contributed by atoms with Crippen LogP contribution in [-0.2, 0) is 9.53 Å². The van der Waals surface area contributed by atoms with Gasteiger partial charge in [-0.15, -0.1) is 0 Å². The van der Waals surface area contributed by atoms with Crippen LogP contribution in [0, 0.1) is 11.3 Å². The molecule has 0 unspecified atom stereocenters. The number of aldehydes is 1. The largest absolute Gasteiger partial charge is 0.380 e. The summed E-state index contributed by atoms with van der Waals surface area (Å²) in [5.74, 6) is 0.369. The lowest BCUT2D eigenvalue weighted by Gasteiger charge is -2.38. The van der Waals surface area contributed by atoms with Gasteiger partial charge in [0.25, 0.3) is 0 Å². The average Bonchev–Trinajstić information content (AvgIpc) is 2.11. The van der Waals surface area contributed by atoms with E-state index in [-0.39, 0.29) is 5.41 Å². The average molecular weight is 196 g/mol. The standard InChI is InChI=1S/C12H20O2/c1-12(2)7-4-5-10(9-14-3)11(12)6-8-13/h5,8,11H,4,6-7,9H2,1-3H3/t11-/m1/s1. The predicted molar refractivity (Wildman–Crippen MR) is 57.1 cm³/mol. The minimum Gasteiger partial charge on any atom is -0.380 e. The quantitative estimate of drug-likeness (QED) is 0.510. The van der Waals surface area contributed by atoms with Crippen LogP contribution in [0.3, 0.4) is 0 Å². The van der Waals surface area contributed by atoms with Crippen molar-refractivity contribution in [3.8, 4) is 0 Å². The van der Waals surface area contributed by atoms with Crippen LogP contribution in [0.25, 0.3) is 0 Å². The fourth-order valence-electron chi connectivity index (χ4n) is 2.34. The summed E-state index contributed by atoms with van der Waals surface area (Å²) >= 11 is 0. The first-order valence-electron chi connectivity index (χ1n) is 5.23. The molecule has 0 aromatic rings. The minimum absolute atomic E-state index is 0.240. The van der Waals surface area contributed by atoms with Crippen molar-refractivity contribution in [2.45, 2.75) is 33.1 Å². The van der Waals surface area contributed by atoms with Gasteiger partial charge in [-0.05, 0) is 29.7 Å². The number of allylic oxidation sites excluding steroid dienone is 1. The molecule has 14 heavy (non-hydrogen) atoms. The molecule has 80 valence electrons. The van der Waals surface area contributed by atoms with Gasteiger partial charge in [-0.1, -0.05) is 19.9 Å². The Morgan fingerprint density at radius 3 is 2.93 bits per heavy atom. The summed E-state index contributed by atoms with van der Waals surface area (Å²) in [6.45, 7) is 5.15. The Bertz CT molecular complexity index is 228. The lowest BCUT2D eigenvalue weighted by atomic mass is 9.67. The SMILES string of the molecule is COCC1=CCCC(C)(C)[C@@H]1CC=O. The molecule has 0 aromatic heterocycles. The van der Waals surface area contributed by atoms with Crippen molar-refractivity contribution < 1.29 is 9.53 Å². The molecule has 2 nitrogen and oxygen atoms in total. The topological polar surface area (TPSA) is 26.3 Å². The lowest BCUT2D eigenvalue weighted by Crippen LogP contribution is -2.30. The summed E-state index contributed by atoms with van der Waals surface area (Å²) < 4.78 is 5.17. The van der Waals surface area contributed by atoms with E-state index in [9.17, 15) is 4.79 Å². The van der Waals surface area contributed by atoms with E-state index < -0.39 is 0 Å². The van der Waals surface area contributed by atoms with Gasteiger partial charge in [0.1, 0.15) is 6.29 Å². The summed E-state index contributed by atoms with van der Waals surface area (Å²) in [6, 6.07) is 0. The molecular weight excluding hydrogens is 176 g/mol. The highest BCUT2D eigenvalue weighted by molar-refractivity contribution is 5.51. The number of carbonyl (C=O) groups excluding carboxylic acids is 1. The monoisotopic (exact) mass is 196 g/mol. The van der Waals surface area contributed by atoms with Crippen LogP contribution >= 0.6 is 0 Å². The van der Waals surface area contributed by atoms with Gasteiger partial charge in [0.15, 0.2) is 0 Å². The normalized spacial score (nSPS) is 25.6. The highest BCUT2D eigenvalue weighted by atomic mass is 16.5. The lowest BCUT2D eigenvalue weighted by molar-refractivity contribution is -0.109. The third-order valence-corrected chi connectivity index (χ3v) is 3.23. The number of hydrogen-bond donors (Lipinski definition) is 0. The van der Waals surface area contributed by atoms with Crippen molar-refractivity contribution in [2.75, 3.05) is 13.7 Å². The van der Waals surface area contributed by atoms with Crippen molar-refractivity contribution in [1.82, 2.24) is 0 Å². The number of methoxy groups -OCH3 is 1. The Morgan fingerprint density at radius 1 is 1.64 bits per heavy atom. The molecule has 0 aliphatic heterocycles. The van der Waals surface area contributed by atoms with E-state index in [2.05, 4.69) is 19.9 Å². The van der Waals surface area contributed by atoms with Crippen LogP contribution in [-0.4, -0.2) is 20.0 Å². The smallest absolute Gasteiger partial charge is 0.120 e. The van der Waals surface area contributed by atoms with Gasteiger partial charge in [0.05, 0.1) is 6.61 Å². The molecule has 2 heteroatoms. The maximum absolute atomic E-state index is 10.6. The Kier molecular flexibility index (Phi) is 3.87. The highest BCUT2D eigenvalue weighted by Gasteiger charge is 2.33. The van der Waals surface area contributed by atoms with Gasteiger partial charge in [-0.25, -0.2) is 0 Å². The molecule has 0 N–H and O–H groups in total. The zero-order valence-corrected chi connectivity index (χ0v) is 9.38. The fraction of sp³-hybridized carbons (Fsp3) is 0.750. The third kappa shape index (κ3) is 2.44. The molecular formula is C12H20O2. The van der Waals surface area contributed by atoms with E-state index in [1.165, 1.54) is 12.0 Å². The number of ether oxygens (including phenoxy) is 1. The summed E-state index contributed by atoms with van der Waals surface area (Å²) in [7, 11) is 1.71. The van der Waals surface area contributed by atoms with Gasteiger partial charge < -0.3 is 9.53 Å². The van der Waals surface area contributed by atoms with Crippen LogP contribution in [0.4, 0.5) is 0 Å². The summed E-state index contributed by atoms with van der Waals surface area (Å²) in [5.41, 5.74) is 1.54. The van der Waals surface area contributed by atoms with Crippen molar-refractivity contribution in [3.05, 3.63) is 11.6 Å². The third-order valence-electron chi connectivity index (χ3n) is 3.23. The van der Waals surface area contributed by atoms with Crippen LogP contribution in [0.1, 0.15) is 33.1 Å². The van der Waals surface area contributed by atoms with Crippen molar-refractivity contribution in [1.29, 1.82) is 0 Å². The molecule has 0 spiro atoms. The molecule has 0 saturated carbocycles. The van der Waals surface area contributed by atoms with Gasteiger partial charge in [-0.2, -0.15) is 0 Å². The van der Waals surface area contributed by atoms with Crippen LogP contribution in [0.2, 0.25) is 0 Å². The number of rotatable bonds is 4. The molecule has 1 atom stereocenters. The molecule has 0 aromatic carbocycles. The van der Waals surface area contributed by atoms with E-state index in [1.54, 1.807) is 7.11 Å². The van der Waals surface area contributed by atoms with Crippen LogP contribution in [0.15, 0.2) is 11.6 Å². The summed E-state index contributed by atoms with van der Waals surface area (Å²) in [4.78, 5) is 10.6. The van der Waals surface area contributed by atoms with Crippen molar-refractivity contribution in [3.63, 3.8) is 0 Å². The minimum atomic E-state index is 0.240. The molecule has 0 bridgehead atoms. The fourth-order valence-corrected chi connectivity index (χ4v) is 2.34. The second-order valence-corrected chi connectivity index (χ2v) is 4.69. The van der Waals surface area contributed by atoms with E-state index in [0.717, 1.165) is 12.7 Å². The molecule has 1 aliphatic rings. The maximum Gasteiger partial charge on any atom is 0.120 e. The van der Waals surface area contributed by atoms with E-state index in [4.69, 9.17) is 4.74 Å². The summed E-state index contributed by atoms with van der Waals surface area (Å²) in [6.07, 6.45) is 6.17. The van der Waals surface area contributed by atoms with Gasteiger partial charge in [0, 0.05) is 13.5 Å². The second-order valence-electron chi connectivity index (χ2n) is 4.69. The van der Waals surface area contributed by atoms with Crippen LogP contribution in [0.5, 0.6) is 0 Å². The molecule has 0 heterocycles. The van der Waals surface area contributed by atoms with E-state index in [1.807, 2.05) is 0 Å². The molecule has 0 saturated heterocycles. The maximum atomic E-state index is 10.6. The number of hydrogen-bond acceptors (Lipinski definition) is 2. The Morgan fingerprint density at radius 2 is 2.36 bits per heavy atom. The van der Waals surface area contributed by atoms with Gasteiger partial charge in [0.2, 0.25) is 0 Å². The van der Waals surface area contributed by atoms with E-state index in [0.29, 0.717) is 18.9 Å². The zero-order valence-electron chi connectivity index (χ0n) is 9.38. The zero-order chi connectivity index (χ0) is 10.6. The first kappa shape index (κ1) is 11.4. The molecule has 1 aliphatic carbocycles. The van der Waals surface area contributed by atoms with Crippen molar-refractivity contribution in [2.24, 2.45) is 11.3 Å². The van der Waals surface area contributed by atoms with Gasteiger partial charge in [-0.3, -0.25) is 0 Å². The van der Waals surface area contributed by atoms with Crippen molar-refractivity contribution >= 4 is 6.29 Å². The first-order valence-corrected chi connectivity index (χ1v) is 5.23. The molecule has 1 rings (SSSR count). The van der Waals surface area contributed by atoms with Crippen LogP contribution < -0.4 is 0 Å². The Labute approximate surface area is 86.3 Å². The highest BCUT2D eigenvalue weighted by Crippen LogP contribution is 2.42. The van der Waals surface area contributed by atoms with Gasteiger partial charge >= 0.3 is 0 Å². The van der Waals surface area contributed by atoms with E-state index >= 15 is 0 Å². The number of carbonyl (C=O) groups is 1. The molecule has 0 fully saturated rings.